The number of ether oxygens (including phenoxy) is 1. The van der Waals surface area contributed by atoms with E-state index >= 15 is 0 Å². The molecule has 7 heteroatoms. The second-order valence-electron chi connectivity index (χ2n) is 8.68. The fourth-order valence-corrected chi connectivity index (χ4v) is 3.46. The number of rotatable bonds is 4. The maximum atomic E-state index is 12.9. The molecule has 1 aromatic rings. The Kier molecular flexibility index (Phi) is 6.38. The van der Waals surface area contributed by atoms with Crippen LogP contribution in [0.3, 0.4) is 0 Å². The van der Waals surface area contributed by atoms with Crippen molar-refractivity contribution in [1.29, 1.82) is 0 Å². The van der Waals surface area contributed by atoms with Gasteiger partial charge in [0.2, 0.25) is 0 Å². The number of urea groups is 1. The van der Waals surface area contributed by atoms with Gasteiger partial charge < -0.3 is 19.9 Å². The van der Waals surface area contributed by atoms with Crippen LogP contribution in [0.25, 0.3) is 0 Å². The highest BCUT2D eigenvalue weighted by Crippen LogP contribution is 2.29. The molecule has 28 heavy (non-hydrogen) atoms. The maximum absolute atomic E-state index is 12.9. The Bertz CT molecular complexity index is 690. The molecule has 3 amide bonds. The molecule has 3 rings (SSSR count). The predicted molar refractivity (Wildman–Crippen MR) is 109 cm³/mol. The van der Waals surface area contributed by atoms with Crippen LogP contribution in [0.1, 0.15) is 52.0 Å². The summed E-state index contributed by atoms with van der Waals surface area (Å²) in [5.74, 6) is 0. The monoisotopic (exact) mass is 407 g/mol. The van der Waals surface area contributed by atoms with Crippen molar-refractivity contribution in [1.82, 2.24) is 15.1 Å². The highest BCUT2D eigenvalue weighted by atomic mass is 35.5. The third-order valence-electron chi connectivity index (χ3n) is 4.99. The van der Waals surface area contributed by atoms with E-state index in [-0.39, 0.29) is 18.2 Å². The van der Waals surface area contributed by atoms with Crippen LogP contribution in [0, 0.1) is 0 Å². The first-order valence-corrected chi connectivity index (χ1v) is 10.4. The van der Waals surface area contributed by atoms with Crippen molar-refractivity contribution in [2.24, 2.45) is 0 Å². The largest absolute Gasteiger partial charge is 0.444 e. The van der Waals surface area contributed by atoms with E-state index in [1.807, 2.05) is 49.9 Å². The fourth-order valence-electron chi connectivity index (χ4n) is 3.33. The lowest BCUT2D eigenvalue weighted by atomic mass is 10.1. The minimum absolute atomic E-state index is 0.0202. The second-order valence-corrected chi connectivity index (χ2v) is 9.11. The van der Waals surface area contributed by atoms with Crippen molar-refractivity contribution in [3.63, 3.8) is 0 Å². The van der Waals surface area contributed by atoms with Crippen LogP contribution in [-0.2, 0) is 11.3 Å². The SMILES string of the molecule is CC(C)(C)OC(=O)N1CCC(NC(=O)N(Cc2ccc(Cl)cc2)C2CC2)CC1. The Labute approximate surface area is 172 Å². The summed E-state index contributed by atoms with van der Waals surface area (Å²) >= 11 is 5.95. The van der Waals surface area contributed by atoms with Gasteiger partial charge in [0, 0.05) is 36.7 Å². The zero-order valence-electron chi connectivity index (χ0n) is 16.9. The van der Waals surface area contributed by atoms with E-state index < -0.39 is 5.60 Å². The first kappa shape index (κ1) is 20.8. The number of piperidine rings is 1. The van der Waals surface area contributed by atoms with E-state index in [0.717, 1.165) is 31.2 Å². The summed E-state index contributed by atoms with van der Waals surface area (Å²) in [5, 5.41) is 3.86. The number of hydrogen-bond donors (Lipinski definition) is 1. The highest BCUT2D eigenvalue weighted by Gasteiger charge is 2.34. The number of nitrogens with one attached hydrogen (secondary N) is 1. The number of carbonyl (C=O) groups is 2. The summed E-state index contributed by atoms with van der Waals surface area (Å²) < 4.78 is 5.43. The summed E-state index contributed by atoms with van der Waals surface area (Å²) in [4.78, 5) is 28.7. The highest BCUT2D eigenvalue weighted by molar-refractivity contribution is 6.30. The van der Waals surface area contributed by atoms with Crippen molar-refractivity contribution in [2.75, 3.05) is 13.1 Å². The van der Waals surface area contributed by atoms with E-state index in [0.29, 0.717) is 30.7 Å². The van der Waals surface area contributed by atoms with Crippen LogP contribution in [0.4, 0.5) is 9.59 Å². The molecular weight excluding hydrogens is 378 g/mol. The normalized spacial score (nSPS) is 17.9. The molecule has 1 heterocycles. The average molecular weight is 408 g/mol. The molecule has 1 aromatic carbocycles. The molecule has 0 atom stereocenters. The van der Waals surface area contributed by atoms with Crippen molar-refractivity contribution in [3.05, 3.63) is 34.9 Å². The zero-order valence-corrected chi connectivity index (χ0v) is 17.7. The van der Waals surface area contributed by atoms with Gasteiger partial charge in [0.1, 0.15) is 5.60 Å². The number of hydrogen-bond acceptors (Lipinski definition) is 3. The molecule has 0 aromatic heterocycles. The van der Waals surface area contributed by atoms with Crippen molar-refractivity contribution < 1.29 is 14.3 Å². The van der Waals surface area contributed by atoms with Gasteiger partial charge in [-0.15, -0.1) is 0 Å². The Balaban J connectivity index is 1.50. The van der Waals surface area contributed by atoms with Gasteiger partial charge in [0.05, 0.1) is 0 Å². The van der Waals surface area contributed by atoms with E-state index in [1.54, 1.807) is 4.90 Å². The first-order chi connectivity index (χ1) is 13.2. The Morgan fingerprint density at radius 3 is 2.29 bits per heavy atom. The van der Waals surface area contributed by atoms with Gasteiger partial charge in [0.15, 0.2) is 0 Å². The molecule has 6 nitrogen and oxygen atoms in total. The summed E-state index contributed by atoms with van der Waals surface area (Å²) in [6, 6.07) is 8.01. The van der Waals surface area contributed by atoms with E-state index in [9.17, 15) is 9.59 Å². The number of carbonyl (C=O) groups excluding carboxylic acids is 2. The molecule has 1 aliphatic carbocycles. The maximum Gasteiger partial charge on any atom is 0.410 e. The van der Waals surface area contributed by atoms with Crippen LogP contribution in [0.5, 0.6) is 0 Å². The van der Waals surface area contributed by atoms with Crippen LogP contribution in [0.15, 0.2) is 24.3 Å². The number of nitrogens with zero attached hydrogens (tertiary/aromatic N) is 2. The quantitative estimate of drug-likeness (QED) is 0.803. The van der Waals surface area contributed by atoms with Crippen LogP contribution < -0.4 is 5.32 Å². The van der Waals surface area contributed by atoms with Crippen LogP contribution >= 0.6 is 11.6 Å². The molecule has 2 aliphatic rings. The van der Waals surface area contributed by atoms with Gasteiger partial charge in [-0.05, 0) is 64.2 Å². The third-order valence-corrected chi connectivity index (χ3v) is 5.24. The van der Waals surface area contributed by atoms with E-state index in [2.05, 4.69) is 5.32 Å². The Morgan fingerprint density at radius 2 is 1.75 bits per heavy atom. The van der Waals surface area contributed by atoms with Gasteiger partial charge >= 0.3 is 12.1 Å². The molecule has 1 saturated carbocycles. The Morgan fingerprint density at radius 1 is 1.14 bits per heavy atom. The molecule has 1 saturated heterocycles. The van der Waals surface area contributed by atoms with Gasteiger partial charge in [0.25, 0.3) is 0 Å². The van der Waals surface area contributed by atoms with Crippen molar-refractivity contribution in [3.8, 4) is 0 Å². The third kappa shape index (κ3) is 6.03. The molecule has 0 bridgehead atoms. The standard InChI is InChI=1S/C21H30ClN3O3/c1-21(2,3)28-20(27)24-12-10-17(11-13-24)23-19(26)25(18-8-9-18)14-15-4-6-16(22)7-5-15/h4-7,17-18H,8-14H2,1-3H3,(H,23,26). The topological polar surface area (TPSA) is 61.9 Å². The predicted octanol–water partition coefficient (Wildman–Crippen LogP) is 4.41. The van der Waals surface area contributed by atoms with Gasteiger partial charge in [-0.1, -0.05) is 23.7 Å². The van der Waals surface area contributed by atoms with Crippen molar-refractivity contribution in [2.45, 2.75) is 70.7 Å². The fraction of sp³-hybridized carbons (Fsp3) is 0.619. The molecule has 0 radical (unpaired) electrons. The van der Waals surface area contributed by atoms with Crippen molar-refractivity contribution >= 4 is 23.7 Å². The number of amides is 3. The lowest BCUT2D eigenvalue weighted by molar-refractivity contribution is 0.0200. The first-order valence-electron chi connectivity index (χ1n) is 10.0. The zero-order chi connectivity index (χ0) is 20.3. The summed E-state index contributed by atoms with van der Waals surface area (Å²) in [7, 11) is 0. The second kappa shape index (κ2) is 8.60. The molecule has 0 spiro atoms. The van der Waals surface area contributed by atoms with Gasteiger partial charge in [-0.3, -0.25) is 0 Å². The number of halogens is 1. The Hall–Kier alpha value is -1.95. The van der Waals surface area contributed by atoms with Gasteiger partial charge in [-0.25, -0.2) is 9.59 Å². The van der Waals surface area contributed by atoms with E-state index in [4.69, 9.17) is 16.3 Å². The summed E-state index contributed by atoms with van der Waals surface area (Å²) in [6.45, 7) is 7.38. The van der Waals surface area contributed by atoms with E-state index in [1.165, 1.54) is 0 Å². The number of benzene rings is 1. The molecule has 0 unspecified atom stereocenters. The molecule has 154 valence electrons. The molecular formula is C21H30ClN3O3. The minimum Gasteiger partial charge on any atom is -0.444 e. The summed E-state index contributed by atoms with van der Waals surface area (Å²) in [6.07, 6.45) is 3.31. The smallest absolute Gasteiger partial charge is 0.410 e. The molecule has 2 fully saturated rings. The van der Waals surface area contributed by atoms with Crippen LogP contribution in [-0.4, -0.2) is 52.7 Å². The number of likely N-dealkylation sites (tertiary alicyclic amines) is 1. The molecule has 1 N–H and O–H groups in total. The lowest BCUT2D eigenvalue weighted by Crippen LogP contribution is -2.51. The van der Waals surface area contributed by atoms with Gasteiger partial charge in [-0.2, -0.15) is 0 Å². The summed E-state index contributed by atoms with van der Waals surface area (Å²) in [5.41, 5.74) is 0.584. The molecule has 1 aliphatic heterocycles. The minimum atomic E-state index is -0.491. The average Bonchev–Trinajstić information content (AvgIpc) is 3.45. The van der Waals surface area contributed by atoms with Crippen LogP contribution in [0.2, 0.25) is 5.02 Å². The lowest BCUT2D eigenvalue weighted by Gasteiger charge is -2.34.